The predicted molar refractivity (Wildman–Crippen MR) is 187 cm³/mol. The van der Waals surface area contributed by atoms with E-state index in [1.807, 2.05) is 32.9 Å². The number of Topliss-reactive ketones (excluding diaryl/α,β-unsaturated/α-hetero) is 1. The zero-order chi connectivity index (χ0) is 34.8. The molecule has 0 amide bonds. The van der Waals surface area contributed by atoms with Gasteiger partial charge in [0.1, 0.15) is 5.60 Å². The molecule has 3 fully saturated rings. The van der Waals surface area contributed by atoms with Crippen molar-refractivity contribution in [2.24, 2.45) is 50.2 Å². The lowest BCUT2D eigenvalue weighted by Crippen LogP contribution is -2.67. The molecule has 0 bridgehead atoms. The lowest BCUT2D eigenvalue weighted by molar-refractivity contribution is -0.224. The topological polar surface area (TPSA) is 80.7 Å². The molecule has 0 aliphatic heterocycles. The van der Waals surface area contributed by atoms with Crippen LogP contribution in [0.25, 0.3) is 5.57 Å². The van der Waals surface area contributed by atoms with E-state index in [0.717, 1.165) is 49.7 Å². The first kappa shape index (κ1) is 34.2. The van der Waals surface area contributed by atoms with Crippen LogP contribution in [-0.2, 0) is 14.3 Å². The van der Waals surface area contributed by atoms with Gasteiger partial charge in [-0.05, 0) is 145 Å². The smallest absolute Gasteiger partial charge is 0.338 e. The van der Waals surface area contributed by atoms with Crippen molar-refractivity contribution in [1.29, 1.82) is 0 Å². The van der Waals surface area contributed by atoms with Gasteiger partial charge in [-0.15, -0.1) is 0 Å². The highest BCUT2D eigenvalue weighted by Gasteiger charge is 2.74. The minimum absolute atomic E-state index is 0.0210. The molecule has 1 N–H and O–H groups in total. The number of ketones is 1. The van der Waals surface area contributed by atoms with Crippen LogP contribution in [0.4, 0.5) is 0 Å². The van der Waals surface area contributed by atoms with E-state index in [-0.39, 0.29) is 51.2 Å². The maximum Gasteiger partial charge on any atom is 0.338 e. The van der Waals surface area contributed by atoms with Gasteiger partial charge < -0.3 is 9.84 Å². The van der Waals surface area contributed by atoms with Gasteiger partial charge in [0.05, 0.1) is 11.0 Å². The van der Waals surface area contributed by atoms with Gasteiger partial charge in [0.25, 0.3) is 0 Å². The first-order chi connectivity index (χ1) is 21.6. The number of carbonyl (C=O) groups is 3. The summed E-state index contributed by atoms with van der Waals surface area (Å²) in [6.45, 7) is 24.6. The highest BCUT2D eigenvalue weighted by atomic mass is 16.6. The number of carboxylic acids is 1. The van der Waals surface area contributed by atoms with Gasteiger partial charge in [-0.3, -0.25) is 9.59 Å². The molecule has 7 atom stereocenters. The van der Waals surface area contributed by atoms with Crippen molar-refractivity contribution in [3.8, 4) is 0 Å². The van der Waals surface area contributed by atoms with Crippen molar-refractivity contribution in [1.82, 2.24) is 0 Å². The molecule has 0 unspecified atom stereocenters. The Morgan fingerprint density at radius 1 is 0.894 bits per heavy atom. The fourth-order valence-electron chi connectivity index (χ4n) is 12.6. The van der Waals surface area contributed by atoms with Crippen LogP contribution >= 0.6 is 0 Å². The van der Waals surface area contributed by atoms with E-state index in [2.05, 4.69) is 73.6 Å². The molecule has 5 aliphatic rings. The predicted octanol–water partition coefficient (Wildman–Crippen LogP) is 10.1. The van der Waals surface area contributed by atoms with E-state index in [1.54, 1.807) is 0 Å². The number of benzene rings is 1. The third-order valence-corrected chi connectivity index (χ3v) is 15.0. The Balaban J connectivity index is 1.37. The summed E-state index contributed by atoms with van der Waals surface area (Å²) in [5, 5.41) is 10.7. The van der Waals surface area contributed by atoms with Crippen LogP contribution in [0.3, 0.4) is 0 Å². The normalized spacial score (nSPS) is 39.4. The standard InChI is InChI=1S/C42H58O5/c1-25(2)32-29(43)24-42(35(45)46)23-22-41(11)39(9)20-17-30-37(6,7)28(26-12-14-27(15-13-26)34(44)47-36(3,4)5)16-19-38(30,8)31(39)18-21-40(41,10)33(32)42/h12-16,25,30-31H,17-24H2,1-11H3,(H,45,46)/t30-,31+,38-,39+,40+,41-,42+/m0/s1. The van der Waals surface area contributed by atoms with Gasteiger partial charge in [0, 0.05) is 6.42 Å². The molecule has 3 saturated carbocycles. The van der Waals surface area contributed by atoms with Crippen LogP contribution in [0.1, 0.15) is 143 Å². The average molecular weight is 643 g/mol. The minimum Gasteiger partial charge on any atom is -0.481 e. The maximum atomic E-state index is 13.6. The molecule has 1 aromatic rings. The molecule has 0 saturated heterocycles. The first-order valence-electron chi connectivity index (χ1n) is 18.2. The highest BCUT2D eigenvalue weighted by Crippen LogP contribution is 2.80. The Morgan fingerprint density at radius 3 is 2.09 bits per heavy atom. The molecule has 1 aromatic carbocycles. The number of fused-ring (bicyclic) bond motifs is 7. The number of carboxylic acid groups (broad SMARTS) is 1. The summed E-state index contributed by atoms with van der Waals surface area (Å²) >= 11 is 0. The lowest BCUT2D eigenvalue weighted by atomic mass is 9.30. The maximum absolute atomic E-state index is 13.6. The summed E-state index contributed by atoms with van der Waals surface area (Å²) in [5.41, 5.74) is 3.00. The van der Waals surface area contributed by atoms with Crippen molar-refractivity contribution in [3.63, 3.8) is 0 Å². The Labute approximate surface area is 283 Å². The quantitative estimate of drug-likeness (QED) is 0.331. The van der Waals surface area contributed by atoms with Crippen LogP contribution in [0, 0.1) is 50.2 Å². The Bertz CT molecular complexity index is 1580. The fourth-order valence-corrected chi connectivity index (χ4v) is 12.6. The third-order valence-electron chi connectivity index (χ3n) is 15.0. The first-order valence-corrected chi connectivity index (χ1v) is 18.2. The van der Waals surface area contributed by atoms with Crippen molar-refractivity contribution in [3.05, 3.63) is 52.6 Å². The number of hydrogen-bond donors (Lipinski definition) is 1. The molecule has 6 rings (SSSR count). The zero-order valence-corrected chi connectivity index (χ0v) is 30.9. The largest absolute Gasteiger partial charge is 0.481 e. The molecule has 0 aromatic heterocycles. The second-order valence-electron chi connectivity index (χ2n) is 18.8. The monoisotopic (exact) mass is 642 g/mol. The van der Waals surface area contributed by atoms with Crippen molar-refractivity contribution in [2.75, 3.05) is 0 Å². The van der Waals surface area contributed by atoms with E-state index in [4.69, 9.17) is 4.74 Å². The van der Waals surface area contributed by atoms with Crippen LogP contribution < -0.4 is 0 Å². The average Bonchev–Trinajstić information content (AvgIpc) is 3.28. The molecule has 0 spiro atoms. The third kappa shape index (κ3) is 4.49. The molecule has 5 nitrogen and oxygen atoms in total. The summed E-state index contributed by atoms with van der Waals surface area (Å²) in [4.78, 5) is 39.4. The van der Waals surface area contributed by atoms with Gasteiger partial charge in [-0.2, -0.15) is 0 Å². The summed E-state index contributed by atoms with van der Waals surface area (Å²) in [7, 11) is 0. The fraction of sp³-hybridized carbons (Fsp3) is 0.690. The number of hydrogen-bond acceptors (Lipinski definition) is 4. The molecule has 0 radical (unpaired) electrons. The molecule has 47 heavy (non-hydrogen) atoms. The van der Waals surface area contributed by atoms with Gasteiger partial charge in [-0.1, -0.05) is 73.6 Å². The van der Waals surface area contributed by atoms with Gasteiger partial charge >= 0.3 is 11.9 Å². The number of allylic oxidation sites excluding steroid dienone is 3. The van der Waals surface area contributed by atoms with Crippen LogP contribution in [0.2, 0.25) is 0 Å². The van der Waals surface area contributed by atoms with Crippen molar-refractivity contribution in [2.45, 2.75) is 133 Å². The second kappa shape index (κ2) is 10.4. The number of aliphatic carboxylic acids is 1. The zero-order valence-electron chi connectivity index (χ0n) is 30.9. The second-order valence-corrected chi connectivity index (χ2v) is 18.8. The Kier molecular flexibility index (Phi) is 7.57. The molecule has 5 aliphatic carbocycles. The van der Waals surface area contributed by atoms with E-state index >= 15 is 0 Å². The van der Waals surface area contributed by atoms with Crippen LogP contribution in [-0.4, -0.2) is 28.4 Å². The minimum atomic E-state index is -1.04. The SMILES string of the molecule is CC(C)C1=C2[C@@](C(=O)O)(CC[C@]3(C)[C@]2(C)CC[C@@H]2[C@@]4(C)CC=C(c5ccc(C(=O)OC(C)(C)C)cc5)C(C)(C)[C@@H]4CC[C@]23C)CC1=O. The molecule has 5 heteroatoms. The highest BCUT2D eigenvalue weighted by molar-refractivity contribution is 6.05. The lowest BCUT2D eigenvalue weighted by Gasteiger charge is -2.74. The summed E-state index contributed by atoms with van der Waals surface area (Å²) in [5.74, 6) is -0.00931. The van der Waals surface area contributed by atoms with Crippen molar-refractivity contribution < 1.29 is 24.2 Å². The van der Waals surface area contributed by atoms with Crippen LogP contribution in [0.5, 0.6) is 0 Å². The van der Waals surface area contributed by atoms with E-state index in [1.165, 1.54) is 11.1 Å². The molecule has 0 heterocycles. The van der Waals surface area contributed by atoms with Gasteiger partial charge in [-0.25, -0.2) is 4.79 Å². The molecule has 256 valence electrons. The molecular weight excluding hydrogens is 584 g/mol. The number of rotatable bonds is 4. The summed E-state index contributed by atoms with van der Waals surface area (Å²) in [6.07, 6.45) is 9.26. The summed E-state index contributed by atoms with van der Waals surface area (Å²) < 4.78 is 5.61. The van der Waals surface area contributed by atoms with Gasteiger partial charge in [0.15, 0.2) is 5.78 Å². The number of carbonyl (C=O) groups excluding carboxylic acids is 2. The number of esters is 1. The number of ether oxygens (including phenoxy) is 1. The van der Waals surface area contributed by atoms with E-state index in [0.29, 0.717) is 23.8 Å². The van der Waals surface area contributed by atoms with E-state index in [9.17, 15) is 19.5 Å². The summed E-state index contributed by atoms with van der Waals surface area (Å²) in [6, 6.07) is 8.00. The van der Waals surface area contributed by atoms with Crippen molar-refractivity contribution >= 4 is 23.3 Å². The molecular formula is C42H58O5. The Hall–Kier alpha value is -2.69. The van der Waals surface area contributed by atoms with E-state index < -0.39 is 17.0 Å². The Morgan fingerprint density at radius 2 is 1.51 bits per heavy atom. The van der Waals surface area contributed by atoms with Gasteiger partial charge in [0.2, 0.25) is 0 Å². The van der Waals surface area contributed by atoms with Crippen LogP contribution in [0.15, 0.2) is 41.5 Å².